The lowest BCUT2D eigenvalue weighted by Gasteiger charge is -2.35. The molecule has 0 saturated heterocycles. The number of nitroso groups, excluding NO2 is 1. The molecule has 0 spiro atoms. The van der Waals surface area contributed by atoms with Crippen LogP contribution in [0, 0.1) is 4.91 Å². The maximum Gasteiger partial charge on any atom is 0.129 e. The molecule has 4 heteroatoms. The zero-order valence-corrected chi connectivity index (χ0v) is 14.0. The van der Waals surface area contributed by atoms with Gasteiger partial charge in [-0.15, -0.1) is 4.91 Å². The quantitative estimate of drug-likeness (QED) is 0.738. The molecule has 1 atom stereocenters. The minimum absolute atomic E-state index is 0.104. The van der Waals surface area contributed by atoms with Crippen molar-refractivity contribution >= 4 is 5.69 Å². The Kier molecular flexibility index (Phi) is 3.56. The molecule has 4 rings (SSSR count). The van der Waals surface area contributed by atoms with Gasteiger partial charge in [-0.3, -0.25) is 0 Å². The summed E-state index contributed by atoms with van der Waals surface area (Å²) in [4.78, 5) is 10.6. The first kappa shape index (κ1) is 15.2. The van der Waals surface area contributed by atoms with Crippen LogP contribution in [0.3, 0.4) is 0 Å². The van der Waals surface area contributed by atoms with Gasteiger partial charge in [0.25, 0.3) is 0 Å². The highest BCUT2D eigenvalue weighted by Gasteiger charge is 2.32. The predicted molar refractivity (Wildman–Crippen MR) is 93.3 cm³/mol. The fraction of sp³-hybridized carbons (Fsp3) is 0.400. The highest BCUT2D eigenvalue weighted by atomic mass is 16.5. The standard InChI is InChI=1S/C20H21NO3/c1-20(2)10-9-17-18(24-20)8-5-14-11-15(12-23-19(14)17)13-3-6-16(21-22)7-4-13/h3-8,15H,9-12H2,1-2H3. The Bertz CT molecular complexity index is 780. The highest BCUT2D eigenvalue weighted by Crippen LogP contribution is 2.43. The molecule has 2 heterocycles. The summed E-state index contributed by atoms with van der Waals surface area (Å²) < 4.78 is 12.3. The third-order valence-electron chi connectivity index (χ3n) is 5.03. The Morgan fingerprint density at radius 3 is 2.67 bits per heavy atom. The summed E-state index contributed by atoms with van der Waals surface area (Å²) in [6.45, 7) is 4.91. The van der Waals surface area contributed by atoms with E-state index in [2.05, 4.69) is 31.2 Å². The van der Waals surface area contributed by atoms with Crippen LogP contribution in [0.4, 0.5) is 5.69 Å². The maximum atomic E-state index is 10.6. The Balaban J connectivity index is 1.61. The predicted octanol–water partition coefficient (Wildman–Crippen LogP) is 4.91. The van der Waals surface area contributed by atoms with Gasteiger partial charge in [0.05, 0.1) is 6.61 Å². The lowest BCUT2D eigenvalue weighted by molar-refractivity contribution is 0.0827. The molecular weight excluding hydrogens is 302 g/mol. The zero-order chi connectivity index (χ0) is 16.7. The molecule has 2 aromatic carbocycles. The molecule has 124 valence electrons. The summed E-state index contributed by atoms with van der Waals surface area (Å²) in [5.74, 6) is 2.28. The summed E-state index contributed by atoms with van der Waals surface area (Å²) >= 11 is 0. The van der Waals surface area contributed by atoms with Gasteiger partial charge in [-0.1, -0.05) is 18.2 Å². The minimum Gasteiger partial charge on any atom is -0.492 e. The van der Waals surface area contributed by atoms with Crippen LogP contribution >= 0.6 is 0 Å². The molecule has 2 aliphatic rings. The number of hydrogen-bond acceptors (Lipinski definition) is 4. The van der Waals surface area contributed by atoms with Crippen molar-refractivity contribution in [3.8, 4) is 11.5 Å². The van der Waals surface area contributed by atoms with Crippen molar-refractivity contribution in [3.05, 3.63) is 58.0 Å². The molecule has 24 heavy (non-hydrogen) atoms. The van der Waals surface area contributed by atoms with Crippen LogP contribution in [0.15, 0.2) is 41.6 Å². The van der Waals surface area contributed by atoms with Crippen LogP contribution < -0.4 is 9.47 Å². The summed E-state index contributed by atoms with van der Waals surface area (Å²) in [5, 5.41) is 2.96. The van der Waals surface area contributed by atoms with Crippen LogP contribution in [0.25, 0.3) is 0 Å². The zero-order valence-electron chi connectivity index (χ0n) is 14.0. The first-order valence-electron chi connectivity index (χ1n) is 8.46. The first-order valence-corrected chi connectivity index (χ1v) is 8.46. The highest BCUT2D eigenvalue weighted by molar-refractivity contribution is 5.53. The molecule has 0 saturated carbocycles. The number of fused-ring (bicyclic) bond motifs is 3. The molecule has 0 radical (unpaired) electrons. The molecule has 4 nitrogen and oxygen atoms in total. The van der Waals surface area contributed by atoms with E-state index in [0.717, 1.165) is 30.8 Å². The third-order valence-corrected chi connectivity index (χ3v) is 5.03. The van der Waals surface area contributed by atoms with Crippen LogP contribution in [0.2, 0.25) is 0 Å². The minimum atomic E-state index is -0.104. The van der Waals surface area contributed by atoms with E-state index in [0.29, 0.717) is 18.2 Å². The van der Waals surface area contributed by atoms with Crippen LogP contribution in [0.1, 0.15) is 42.9 Å². The molecule has 0 fully saturated rings. The first-order chi connectivity index (χ1) is 11.6. The molecule has 0 amide bonds. The Hall–Kier alpha value is -2.36. The van der Waals surface area contributed by atoms with Gasteiger partial charge in [0, 0.05) is 11.5 Å². The van der Waals surface area contributed by atoms with E-state index in [4.69, 9.17) is 9.47 Å². The van der Waals surface area contributed by atoms with E-state index in [1.165, 1.54) is 16.7 Å². The van der Waals surface area contributed by atoms with Gasteiger partial charge in [0.1, 0.15) is 22.8 Å². The molecule has 0 aromatic heterocycles. The Labute approximate surface area is 141 Å². The smallest absolute Gasteiger partial charge is 0.129 e. The SMILES string of the molecule is CC1(C)CCc2c(ccc3c2OCC(c2ccc(N=O)cc2)C3)O1. The van der Waals surface area contributed by atoms with E-state index >= 15 is 0 Å². The van der Waals surface area contributed by atoms with Crippen molar-refractivity contribution in [2.45, 2.75) is 44.6 Å². The molecule has 2 aliphatic heterocycles. The Morgan fingerprint density at radius 2 is 1.92 bits per heavy atom. The van der Waals surface area contributed by atoms with E-state index < -0.39 is 0 Å². The lowest BCUT2D eigenvalue weighted by atomic mass is 9.86. The average Bonchev–Trinajstić information content (AvgIpc) is 2.60. The second kappa shape index (κ2) is 5.62. The summed E-state index contributed by atoms with van der Waals surface area (Å²) in [6.07, 6.45) is 2.94. The summed E-state index contributed by atoms with van der Waals surface area (Å²) in [7, 11) is 0. The number of hydrogen-bond donors (Lipinski definition) is 0. The largest absolute Gasteiger partial charge is 0.492 e. The second-order valence-corrected chi connectivity index (χ2v) is 7.29. The molecule has 0 N–H and O–H groups in total. The fourth-order valence-corrected chi connectivity index (χ4v) is 3.64. The fourth-order valence-electron chi connectivity index (χ4n) is 3.64. The molecule has 2 aromatic rings. The van der Waals surface area contributed by atoms with Crippen molar-refractivity contribution in [2.75, 3.05) is 6.61 Å². The van der Waals surface area contributed by atoms with Crippen molar-refractivity contribution in [1.82, 2.24) is 0 Å². The van der Waals surface area contributed by atoms with Crippen LogP contribution in [0.5, 0.6) is 11.5 Å². The van der Waals surface area contributed by atoms with Crippen molar-refractivity contribution in [3.63, 3.8) is 0 Å². The van der Waals surface area contributed by atoms with Gasteiger partial charge in [-0.2, -0.15) is 0 Å². The topological polar surface area (TPSA) is 47.9 Å². The van der Waals surface area contributed by atoms with Gasteiger partial charge >= 0.3 is 0 Å². The lowest BCUT2D eigenvalue weighted by Crippen LogP contribution is -2.33. The van der Waals surface area contributed by atoms with Gasteiger partial charge in [-0.25, -0.2) is 0 Å². The molecule has 1 unspecified atom stereocenters. The average molecular weight is 323 g/mol. The molecule has 0 aliphatic carbocycles. The van der Waals surface area contributed by atoms with Gasteiger partial charge in [0.15, 0.2) is 0 Å². The van der Waals surface area contributed by atoms with Crippen LogP contribution in [-0.4, -0.2) is 12.2 Å². The number of benzene rings is 2. The van der Waals surface area contributed by atoms with Gasteiger partial charge < -0.3 is 9.47 Å². The summed E-state index contributed by atoms with van der Waals surface area (Å²) in [6, 6.07) is 11.7. The maximum absolute atomic E-state index is 10.6. The third kappa shape index (κ3) is 2.66. The van der Waals surface area contributed by atoms with Crippen molar-refractivity contribution in [2.24, 2.45) is 5.18 Å². The number of nitrogens with zero attached hydrogens (tertiary/aromatic N) is 1. The Morgan fingerprint density at radius 1 is 1.12 bits per heavy atom. The van der Waals surface area contributed by atoms with Gasteiger partial charge in [-0.05, 0) is 67.6 Å². The van der Waals surface area contributed by atoms with E-state index in [9.17, 15) is 4.91 Å². The number of ether oxygens (including phenoxy) is 2. The second-order valence-electron chi connectivity index (χ2n) is 7.29. The normalized spacial score (nSPS) is 21.0. The summed E-state index contributed by atoms with van der Waals surface area (Å²) in [5.41, 5.74) is 4.00. The van der Waals surface area contributed by atoms with E-state index in [1.54, 1.807) is 12.1 Å². The monoisotopic (exact) mass is 323 g/mol. The van der Waals surface area contributed by atoms with Crippen molar-refractivity contribution < 1.29 is 9.47 Å². The van der Waals surface area contributed by atoms with Gasteiger partial charge in [0.2, 0.25) is 0 Å². The number of rotatable bonds is 2. The molecule has 0 bridgehead atoms. The van der Waals surface area contributed by atoms with Crippen LogP contribution in [-0.2, 0) is 12.8 Å². The molecular formula is C20H21NO3. The van der Waals surface area contributed by atoms with Crippen molar-refractivity contribution in [1.29, 1.82) is 0 Å². The van der Waals surface area contributed by atoms with E-state index in [1.807, 2.05) is 12.1 Å². The van der Waals surface area contributed by atoms with E-state index in [-0.39, 0.29) is 5.60 Å².